The Balaban J connectivity index is 1.16. The maximum absolute atomic E-state index is 13.2. The van der Waals surface area contributed by atoms with Crippen LogP contribution in [0.1, 0.15) is 15.5 Å². The smallest absolute Gasteiger partial charge is 0.273 e. The number of anilines is 1. The van der Waals surface area contributed by atoms with Gasteiger partial charge in [-0.15, -0.1) is 21.5 Å². The van der Waals surface area contributed by atoms with E-state index in [4.69, 9.17) is 34.8 Å². The molecule has 0 bridgehead atoms. The molecule has 0 N–H and O–H groups in total. The first-order valence-corrected chi connectivity index (χ1v) is 15.8. The minimum absolute atomic E-state index is 0.0497. The Morgan fingerprint density at radius 1 is 0.854 bits per heavy atom. The Kier molecular flexibility index (Phi) is 8.50. The van der Waals surface area contributed by atoms with Crippen molar-refractivity contribution in [2.24, 2.45) is 0 Å². The number of halogens is 3. The number of rotatable bonds is 7. The van der Waals surface area contributed by atoms with E-state index in [1.165, 1.54) is 23.1 Å². The number of hydrogen-bond donors (Lipinski definition) is 0. The van der Waals surface area contributed by atoms with Crippen molar-refractivity contribution in [3.63, 3.8) is 0 Å². The summed E-state index contributed by atoms with van der Waals surface area (Å²) in [5, 5.41) is 14.2. The molecular weight excluding hydrogens is 619 g/mol. The molecule has 208 valence electrons. The van der Waals surface area contributed by atoms with E-state index in [0.29, 0.717) is 50.6 Å². The number of thiazole rings is 1. The van der Waals surface area contributed by atoms with Crippen molar-refractivity contribution in [2.75, 3.05) is 31.1 Å². The van der Waals surface area contributed by atoms with Crippen molar-refractivity contribution in [1.82, 2.24) is 24.6 Å². The predicted molar refractivity (Wildman–Crippen MR) is 168 cm³/mol. The Morgan fingerprint density at radius 2 is 1.56 bits per heavy atom. The SMILES string of the molecule is O=C(c1csc(CSc2nnc(-c3ccccc3Cl)n2-c2cccc(Cl)c2)n1)N1CCN(c2cccc(Cl)c2)CC1. The van der Waals surface area contributed by atoms with E-state index in [0.717, 1.165) is 35.0 Å². The van der Waals surface area contributed by atoms with Gasteiger partial charge in [0.25, 0.3) is 5.91 Å². The third-order valence-corrected chi connectivity index (χ3v) is 9.42. The van der Waals surface area contributed by atoms with Crippen LogP contribution in [0.5, 0.6) is 0 Å². The Labute approximate surface area is 260 Å². The minimum Gasteiger partial charge on any atom is -0.368 e. The highest BCUT2D eigenvalue weighted by Crippen LogP contribution is 2.34. The maximum atomic E-state index is 13.2. The number of carbonyl (C=O) groups excluding carboxylic acids is 1. The zero-order valence-electron chi connectivity index (χ0n) is 21.6. The van der Waals surface area contributed by atoms with Gasteiger partial charge in [0, 0.05) is 52.9 Å². The van der Waals surface area contributed by atoms with Gasteiger partial charge in [-0.25, -0.2) is 4.98 Å². The first kappa shape index (κ1) is 28.1. The molecule has 1 saturated heterocycles. The molecule has 0 atom stereocenters. The lowest BCUT2D eigenvalue weighted by atomic mass is 10.2. The summed E-state index contributed by atoms with van der Waals surface area (Å²) < 4.78 is 1.94. The molecule has 1 aliphatic heterocycles. The molecule has 0 radical (unpaired) electrons. The second-order valence-electron chi connectivity index (χ2n) is 9.28. The molecule has 3 aromatic carbocycles. The van der Waals surface area contributed by atoms with Gasteiger partial charge in [0.2, 0.25) is 0 Å². The van der Waals surface area contributed by atoms with Gasteiger partial charge in [-0.1, -0.05) is 70.8 Å². The van der Waals surface area contributed by atoms with E-state index in [1.807, 2.05) is 87.6 Å². The molecule has 7 nitrogen and oxygen atoms in total. The summed E-state index contributed by atoms with van der Waals surface area (Å²) in [7, 11) is 0. The molecule has 5 aromatic rings. The van der Waals surface area contributed by atoms with E-state index in [2.05, 4.69) is 20.1 Å². The molecule has 1 fully saturated rings. The van der Waals surface area contributed by atoms with Crippen LogP contribution in [0.4, 0.5) is 5.69 Å². The molecule has 6 rings (SSSR count). The fraction of sp³-hybridized carbons (Fsp3) is 0.172. The van der Waals surface area contributed by atoms with E-state index in [9.17, 15) is 4.79 Å². The van der Waals surface area contributed by atoms with Gasteiger partial charge in [0.05, 0.1) is 16.5 Å². The van der Waals surface area contributed by atoms with Gasteiger partial charge in [-0.2, -0.15) is 0 Å². The zero-order valence-corrected chi connectivity index (χ0v) is 25.5. The molecule has 1 aliphatic rings. The number of carbonyl (C=O) groups is 1. The van der Waals surface area contributed by atoms with Crippen LogP contribution in [0.3, 0.4) is 0 Å². The highest BCUT2D eigenvalue weighted by Gasteiger charge is 2.25. The molecule has 0 unspecified atom stereocenters. The first-order chi connectivity index (χ1) is 20.0. The number of aromatic nitrogens is 4. The average molecular weight is 642 g/mol. The second-order valence-corrected chi connectivity index (χ2v) is 12.4. The molecule has 41 heavy (non-hydrogen) atoms. The fourth-order valence-electron chi connectivity index (χ4n) is 4.63. The highest BCUT2D eigenvalue weighted by molar-refractivity contribution is 7.98. The van der Waals surface area contributed by atoms with Crippen molar-refractivity contribution in [3.8, 4) is 17.1 Å². The lowest BCUT2D eigenvalue weighted by Gasteiger charge is -2.35. The van der Waals surface area contributed by atoms with E-state index in [-0.39, 0.29) is 5.91 Å². The van der Waals surface area contributed by atoms with Crippen LogP contribution in [0, 0.1) is 0 Å². The van der Waals surface area contributed by atoms with Gasteiger partial charge in [0.1, 0.15) is 10.7 Å². The number of benzene rings is 3. The van der Waals surface area contributed by atoms with Crippen LogP contribution in [0.2, 0.25) is 15.1 Å². The monoisotopic (exact) mass is 640 g/mol. The van der Waals surface area contributed by atoms with Crippen LogP contribution in [-0.2, 0) is 5.75 Å². The van der Waals surface area contributed by atoms with Gasteiger partial charge < -0.3 is 9.80 Å². The molecule has 1 amide bonds. The quantitative estimate of drug-likeness (QED) is 0.171. The summed E-state index contributed by atoms with van der Waals surface area (Å²) >= 11 is 21.9. The third kappa shape index (κ3) is 6.24. The molecule has 3 heterocycles. The van der Waals surface area contributed by atoms with Gasteiger partial charge >= 0.3 is 0 Å². The lowest BCUT2D eigenvalue weighted by Crippen LogP contribution is -2.48. The van der Waals surface area contributed by atoms with Crippen molar-refractivity contribution >= 4 is 69.5 Å². The molecular formula is C29H23Cl3N6OS2. The van der Waals surface area contributed by atoms with Crippen LogP contribution in [-0.4, -0.2) is 56.7 Å². The lowest BCUT2D eigenvalue weighted by molar-refractivity contribution is 0.0741. The van der Waals surface area contributed by atoms with Gasteiger partial charge in [0.15, 0.2) is 11.0 Å². The predicted octanol–water partition coefficient (Wildman–Crippen LogP) is 7.61. The molecule has 0 spiro atoms. The molecule has 0 aliphatic carbocycles. The summed E-state index contributed by atoms with van der Waals surface area (Å²) in [5.41, 5.74) is 3.13. The second kappa shape index (κ2) is 12.4. The summed E-state index contributed by atoms with van der Waals surface area (Å²) in [6.45, 7) is 2.73. The maximum Gasteiger partial charge on any atom is 0.273 e. The van der Waals surface area contributed by atoms with Crippen LogP contribution in [0.15, 0.2) is 83.3 Å². The molecule has 0 saturated carbocycles. The van der Waals surface area contributed by atoms with Gasteiger partial charge in [-0.05, 0) is 48.5 Å². The number of thioether (sulfide) groups is 1. The van der Waals surface area contributed by atoms with Crippen LogP contribution >= 0.6 is 57.9 Å². The topological polar surface area (TPSA) is 67.2 Å². The van der Waals surface area contributed by atoms with Crippen LogP contribution < -0.4 is 4.90 Å². The van der Waals surface area contributed by atoms with E-state index < -0.39 is 0 Å². The summed E-state index contributed by atoms with van der Waals surface area (Å²) in [4.78, 5) is 22.0. The van der Waals surface area contributed by atoms with Crippen molar-refractivity contribution in [3.05, 3.63) is 104 Å². The largest absolute Gasteiger partial charge is 0.368 e. The standard InChI is InChI=1S/C29H23Cl3N6OS2/c30-19-5-3-7-21(15-19)36-11-13-37(14-12-36)28(39)25-17-40-26(33-25)18-41-29-35-34-27(23-9-1-2-10-24(23)32)38(29)22-8-4-6-20(31)16-22/h1-10,15-17H,11-14,18H2. The van der Waals surface area contributed by atoms with E-state index in [1.54, 1.807) is 0 Å². The summed E-state index contributed by atoms with van der Waals surface area (Å²) in [6.07, 6.45) is 0. The Morgan fingerprint density at radius 3 is 2.29 bits per heavy atom. The number of nitrogens with zero attached hydrogens (tertiary/aromatic N) is 6. The van der Waals surface area contributed by atoms with Gasteiger partial charge in [-0.3, -0.25) is 9.36 Å². The van der Waals surface area contributed by atoms with Crippen molar-refractivity contribution < 1.29 is 4.79 Å². The van der Waals surface area contributed by atoms with Crippen molar-refractivity contribution in [1.29, 1.82) is 0 Å². The van der Waals surface area contributed by atoms with E-state index >= 15 is 0 Å². The number of piperazine rings is 1. The van der Waals surface area contributed by atoms with Crippen molar-refractivity contribution in [2.45, 2.75) is 10.9 Å². The zero-order chi connectivity index (χ0) is 28.3. The third-order valence-electron chi connectivity index (χ3n) is 6.65. The molecule has 12 heteroatoms. The Bertz CT molecular complexity index is 1700. The molecule has 2 aromatic heterocycles. The summed E-state index contributed by atoms with van der Waals surface area (Å²) in [5.74, 6) is 1.10. The fourth-order valence-corrected chi connectivity index (χ4v) is 6.96. The summed E-state index contributed by atoms with van der Waals surface area (Å²) in [6, 6.07) is 22.8. The number of amides is 1. The normalized spacial score (nSPS) is 13.5. The average Bonchev–Trinajstić information content (AvgIpc) is 3.63. The minimum atomic E-state index is -0.0497. The highest BCUT2D eigenvalue weighted by atomic mass is 35.5. The number of hydrogen-bond acceptors (Lipinski definition) is 7. The first-order valence-electron chi connectivity index (χ1n) is 12.8. The van der Waals surface area contributed by atoms with Crippen LogP contribution in [0.25, 0.3) is 17.1 Å². The Hall–Kier alpha value is -3.08.